The number of likely N-dealkylation sites (N-methyl/N-ethyl adjacent to an activating group) is 2. The van der Waals surface area contributed by atoms with Gasteiger partial charge in [-0.15, -0.1) is 0 Å². The first kappa shape index (κ1) is 13.2. The fourth-order valence-electron chi connectivity index (χ4n) is 2.13. The third-order valence-electron chi connectivity index (χ3n) is 3.32. The molecule has 0 N–H and O–H groups in total. The number of rotatable bonds is 3. The van der Waals surface area contributed by atoms with E-state index in [0.29, 0.717) is 12.5 Å². The van der Waals surface area contributed by atoms with Gasteiger partial charge in [0.05, 0.1) is 0 Å². The minimum absolute atomic E-state index is 0.241. The summed E-state index contributed by atoms with van der Waals surface area (Å²) < 4.78 is 0.930. The maximum Gasteiger partial charge on any atom is 0.166 e. The first-order chi connectivity index (χ1) is 8.08. The van der Waals surface area contributed by atoms with E-state index in [4.69, 9.17) is 0 Å². The highest BCUT2D eigenvalue weighted by atomic mass is 79.9. The highest BCUT2D eigenvalue weighted by Crippen LogP contribution is 2.24. The van der Waals surface area contributed by atoms with Gasteiger partial charge in [0.15, 0.2) is 5.78 Å². The lowest BCUT2D eigenvalue weighted by Crippen LogP contribution is -2.50. The van der Waals surface area contributed by atoms with E-state index < -0.39 is 0 Å². The summed E-state index contributed by atoms with van der Waals surface area (Å²) in [6.07, 6.45) is 0.607. The molecular weight excluding hydrogens is 300 g/mol. The van der Waals surface area contributed by atoms with Crippen molar-refractivity contribution in [1.29, 1.82) is 0 Å². The summed E-state index contributed by atoms with van der Waals surface area (Å²) in [6, 6.07) is 0.341. The van der Waals surface area contributed by atoms with Crippen LogP contribution in [0.3, 0.4) is 0 Å². The molecule has 1 aliphatic rings. The number of hydrogen-bond acceptors (Lipinski definition) is 4. The number of ketones is 1. The Bertz CT molecular complexity index is 407. The molecule has 0 spiro atoms. The predicted octanol–water partition coefficient (Wildman–Crippen LogP) is 2.33. The maximum atomic E-state index is 12.2. The summed E-state index contributed by atoms with van der Waals surface area (Å²) in [4.78, 5) is 16.8. The van der Waals surface area contributed by atoms with Crippen LogP contribution in [0.15, 0.2) is 15.2 Å². The van der Waals surface area contributed by atoms with Gasteiger partial charge in [0, 0.05) is 52.9 Å². The van der Waals surface area contributed by atoms with Crippen molar-refractivity contribution in [2.45, 2.75) is 12.5 Å². The van der Waals surface area contributed by atoms with E-state index in [1.54, 1.807) is 11.3 Å². The van der Waals surface area contributed by atoms with Crippen LogP contribution in [-0.2, 0) is 0 Å². The predicted molar refractivity (Wildman–Crippen MR) is 74.9 cm³/mol. The largest absolute Gasteiger partial charge is 0.304 e. The lowest BCUT2D eigenvalue weighted by molar-refractivity contribution is 0.0810. The zero-order valence-electron chi connectivity index (χ0n) is 10.1. The number of carbonyl (C=O) groups excluding carboxylic acids is 1. The van der Waals surface area contributed by atoms with Crippen LogP contribution in [0.1, 0.15) is 16.8 Å². The molecule has 2 rings (SSSR count). The molecule has 3 nitrogen and oxygen atoms in total. The van der Waals surface area contributed by atoms with E-state index in [0.717, 1.165) is 29.7 Å². The van der Waals surface area contributed by atoms with Gasteiger partial charge in [-0.05, 0) is 30.0 Å². The maximum absolute atomic E-state index is 12.2. The third-order valence-corrected chi connectivity index (χ3v) is 5.02. The van der Waals surface area contributed by atoms with E-state index >= 15 is 0 Å². The summed E-state index contributed by atoms with van der Waals surface area (Å²) >= 11 is 4.99. The van der Waals surface area contributed by atoms with Crippen LogP contribution < -0.4 is 0 Å². The van der Waals surface area contributed by atoms with Gasteiger partial charge in [-0.25, -0.2) is 0 Å². The first-order valence-corrected chi connectivity index (χ1v) is 7.45. The fourth-order valence-corrected chi connectivity index (χ4v) is 3.65. The number of hydrogen-bond donors (Lipinski definition) is 0. The second kappa shape index (κ2) is 5.61. The molecule has 1 aliphatic heterocycles. The molecule has 1 unspecified atom stereocenters. The van der Waals surface area contributed by atoms with Crippen LogP contribution in [0, 0.1) is 0 Å². The molecular formula is C12H17BrN2OS. The van der Waals surface area contributed by atoms with Crippen LogP contribution >= 0.6 is 27.3 Å². The number of carbonyl (C=O) groups is 1. The Morgan fingerprint density at radius 3 is 2.88 bits per heavy atom. The van der Waals surface area contributed by atoms with Crippen LogP contribution in [0.4, 0.5) is 0 Å². The molecule has 0 bridgehead atoms. The van der Waals surface area contributed by atoms with Crippen molar-refractivity contribution in [2.75, 3.05) is 33.7 Å². The molecule has 0 radical (unpaired) electrons. The summed E-state index contributed by atoms with van der Waals surface area (Å²) in [5.74, 6) is 0.241. The Kier molecular flexibility index (Phi) is 4.36. The van der Waals surface area contributed by atoms with Gasteiger partial charge >= 0.3 is 0 Å². The van der Waals surface area contributed by atoms with E-state index in [2.05, 4.69) is 39.8 Å². The second-order valence-corrected chi connectivity index (χ2v) is 6.26. The van der Waals surface area contributed by atoms with Gasteiger partial charge in [-0.3, -0.25) is 4.79 Å². The normalized spacial score (nSPS) is 22.9. The number of piperazine rings is 1. The van der Waals surface area contributed by atoms with Crippen molar-refractivity contribution in [1.82, 2.24) is 9.80 Å². The van der Waals surface area contributed by atoms with E-state index in [9.17, 15) is 4.79 Å². The molecule has 0 amide bonds. The van der Waals surface area contributed by atoms with Crippen molar-refractivity contribution < 1.29 is 4.79 Å². The van der Waals surface area contributed by atoms with Crippen molar-refractivity contribution in [3.05, 3.63) is 20.8 Å². The van der Waals surface area contributed by atoms with Gasteiger partial charge in [0.1, 0.15) is 0 Å². The van der Waals surface area contributed by atoms with Gasteiger partial charge in [0.2, 0.25) is 0 Å². The Balaban J connectivity index is 2.01. The summed E-state index contributed by atoms with van der Waals surface area (Å²) in [6.45, 7) is 3.10. The first-order valence-electron chi connectivity index (χ1n) is 5.71. The van der Waals surface area contributed by atoms with Gasteiger partial charge in [-0.1, -0.05) is 0 Å². The van der Waals surface area contributed by atoms with E-state index in [1.165, 1.54) is 0 Å². The standard InChI is InChI=1S/C12H17BrN2OS/c1-14-3-4-15(2)9(6-14)5-12(16)10-7-17-8-11(10)13/h7-9H,3-6H2,1-2H3. The van der Waals surface area contributed by atoms with Crippen molar-refractivity contribution in [3.63, 3.8) is 0 Å². The molecule has 1 aromatic rings. The molecule has 1 aromatic heterocycles. The zero-order chi connectivity index (χ0) is 12.4. The topological polar surface area (TPSA) is 23.6 Å². The quantitative estimate of drug-likeness (QED) is 0.800. The SMILES string of the molecule is CN1CCN(C)C(CC(=O)c2cscc2Br)C1. The molecule has 5 heteroatoms. The minimum Gasteiger partial charge on any atom is -0.304 e. The lowest BCUT2D eigenvalue weighted by atomic mass is 10.0. The summed E-state index contributed by atoms with van der Waals surface area (Å²) in [5, 5.41) is 3.89. The van der Waals surface area contributed by atoms with Crippen molar-refractivity contribution in [2.24, 2.45) is 0 Å². The Hall–Kier alpha value is -0.230. The number of halogens is 1. The Morgan fingerprint density at radius 1 is 1.47 bits per heavy atom. The van der Waals surface area contributed by atoms with Crippen molar-refractivity contribution in [3.8, 4) is 0 Å². The monoisotopic (exact) mass is 316 g/mol. The van der Waals surface area contributed by atoms with Crippen molar-refractivity contribution >= 4 is 33.0 Å². The summed E-state index contributed by atoms with van der Waals surface area (Å²) in [5.41, 5.74) is 0.830. The highest BCUT2D eigenvalue weighted by Gasteiger charge is 2.25. The van der Waals surface area contributed by atoms with Gasteiger partial charge in [-0.2, -0.15) is 11.3 Å². The Labute approximate surface area is 115 Å². The second-order valence-electron chi connectivity index (χ2n) is 4.66. The molecule has 2 heterocycles. The zero-order valence-corrected chi connectivity index (χ0v) is 12.6. The molecule has 0 aromatic carbocycles. The number of Topliss-reactive ketones (excluding diaryl/α,β-unsaturated/α-hetero) is 1. The number of thiophene rings is 1. The molecule has 17 heavy (non-hydrogen) atoms. The van der Waals surface area contributed by atoms with Gasteiger partial charge in [0.25, 0.3) is 0 Å². The lowest BCUT2D eigenvalue weighted by Gasteiger charge is -2.37. The molecule has 1 atom stereocenters. The van der Waals surface area contributed by atoms with Crippen LogP contribution in [0.5, 0.6) is 0 Å². The molecule has 0 saturated carbocycles. The van der Waals surface area contributed by atoms with Crippen LogP contribution in [-0.4, -0.2) is 55.4 Å². The highest BCUT2D eigenvalue weighted by molar-refractivity contribution is 9.10. The Morgan fingerprint density at radius 2 is 2.24 bits per heavy atom. The van der Waals surface area contributed by atoms with E-state index in [1.807, 2.05) is 10.8 Å². The molecule has 94 valence electrons. The fraction of sp³-hybridized carbons (Fsp3) is 0.583. The average Bonchev–Trinajstić information content (AvgIpc) is 2.70. The molecule has 1 saturated heterocycles. The smallest absolute Gasteiger partial charge is 0.166 e. The third kappa shape index (κ3) is 3.16. The van der Waals surface area contributed by atoms with Gasteiger partial charge < -0.3 is 9.80 Å². The average molecular weight is 317 g/mol. The molecule has 1 fully saturated rings. The van der Waals surface area contributed by atoms with Crippen LogP contribution in [0.2, 0.25) is 0 Å². The molecule has 0 aliphatic carbocycles. The summed E-state index contributed by atoms with van der Waals surface area (Å²) in [7, 11) is 4.22. The van der Waals surface area contributed by atoms with Crippen LogP contribution in [0.25, 0.3) is 0 Å². The minimum atomic E-state index is 0.241. The number of nitrogens with zero attached hydrogens (tertiary/aromatic N) is 2. The van der Waals surface area contributed by atoms with E-state index in [-0.39, 0.29) is 5.78 Å².